The maximum Gasteiger partial charge on any atom is 0.308 e. The van der Waals surface area contributed by atoms with Crippen molar-refractivity contribution < 1.29 is 57.1 Å². The van der Waals surface area contributed by atoms with Crippen molar-refractivity contribution in [1.82, 2.24) is 0 Å². The Morgan fingerprint density at radius 3 is 1.86 bits per heavy atom. The maximum absolute atomic E-state index is 11.8. The SMILES string of the molecule is CC(=O)OC[C@H]1O[C@H](OC/C=C/c2ccc(OC(C)=O)cc2)[C@H](OC(C)=O)[C@@H](OC(C)=O)[C@H]1OC(C)=O. The minimum absolute atomic E-state index is 0.0283. The Bertz CT molecular complexity index is 999. The third-order valence-corrected chi connectivity index (χ3v) is 4.76. The van der Waals surface area contributed by atoms with Crippen molar-refractivity contribution >= 4 is 35.9 Å². The first kappa shape index (κ1) is 29.5. The molecule has 1 aliphatic heterocycles. The van der Waals surface area contributed by atoms with Gasteiger partial charge in [-0.25, -0.2) is 0 Å². The lowest BCUT2D eigenvalue weighted by atomic mass is 9.98. The average Bonchev–Trinajstić information content (AvgIpc) is 2.78. The number of carbonyl (C=O) groups excluding carboxylic acids is 5. The first-order valence-corrected chi connectivity index (χ1v) is 11.3. The number of esters is 5. The van der Waals surface area contributed by atoms with Crippen LogP contribution in [0.3, 0.4) is 0 Å². The highest BCUT2D eigenvalue weighted by Crippen LogP contribution is 2.30. The zero-order valence-corrected chi connectivity index (χ0v) is 21.2. The van der Waals surface area contributed by atoms with Crippen LogP contribution in [0.4, 0.5) is 0 Å². The van der Waals surface area contributed by atoms with Crippen molar-refractivity contribution in [1.29, 1.82) is 0 Å². The summed E-state index contributed by atoms with van der Waals surface area (Å²) in [6, 6.07) is 6.70. The Labute approximate surface area is 213 Å². The Morgan fingerprint density at radius 1 is 0.757 bits per heavy atom. The van der Waals surface area contributed by atoms with Crippen LogP contribution < -0.4 is 4.74 Å². The lowest BCUT2D eigenvalue weighted by molar-refractivity contribution is -0.305. The summed E-state index contributed by atoms with van der Waals surface area (Å²) in [5.74, 6) is -2.82. The standard InChI is InChI=1S/C25H30O12/c1-14(26)32-13-21-22(34-16(3)28)23(35-17(4)29)24(36-18(5)30)25(37-21)31-12-6-7-19-8-10-20(11-9-19)33-15(2)27/h6-11,21-25H,12-13H2,1-5H3/b7-6+/t21-,22+,23+,24-,25+/m1/s1. The lowest BCUT2D eigenvalue weighted by Crippen LogP contribution is -2.62. The number of benzene rings is 1. The van der Waals surface area contributed by atoms with Crippen molar-refractivity contribution in [3.63, 3.8) is 0 Å². The number of hydrogen-bond acceptors (Lipinski definition) is 12. The van der Waals surface area contributed by atoms with Crippen LogP contribution in [0.25, 0.3) is 6.08 Å². The number of rotatable bonds is 10. The number of hydrogen-bond donors (Lipinski definition) is 0. The summed E-state index contributed by atoms with van der Waals surface area (Å²) in [7, 11) is 0. The van der Waals surface area contributed by atoms with E-state index in [1.54, 1.807) is 36.4 Å². The van der Waals surface area contributed by atoms with Gasteiger partial charge in [0.05, 0.1) is 6.61 Å². The molecule has 0 spiro atoms. The fraction of sp³-hybridized carbons (Fsp3) is 0.480. The van der Waals surface area contributed by atoms with Crippen molar-refractivity contribution in [2.24, 2.45) is 0 Å². The molecule has 2 rings (SSSR count). The molecular formula is C25H30O12. The smallest absolute Gasteiger partial charge is 0.308 e. The average molecular weight is 523 g/mol. The van der Waals surface area contributed by atoms with Crippen LogP contribution in [0, 0.1) is 0 Å². The first-order valence-electron chi connectivity index (χ1n) is 11.3. The normalized spacial score (nSPS) is 23.1. The van der Waals surface area contributed by atoms with Gasteiger partial charge in [-0.1, -0.05) is 24.3 Å². The largest absolute Gasteiger partial charge is 0.463 e. The van der Waals surface area contributed by atoms with Gasteiger partial charge in [0, 0.05) is 34.6 Å². The Morgan fingerprint density at radius 2 is 1.32 bits per heavy atom. The topological polar surface area (TPSA) is 150 Å². The van der Waals surface area contributed by atoms with Gasteiger partial charge in [0.1, 0.15) is 18.5 Å². The molecule has 0 aliphatic carbocycles. The molecule has 0 N–H and O–H groups in total. The summed E-state index contributed by atoms with van der Waals surface area (Å²) < 4.78 is 37.6. The van der Waals surface area contributed by atoms with Crippen molar-refractivity contribution in [3.05, 3.63) is 35.9 Å². The Kier molecular flexibility index (Phi) is 11.2. The molecule has 0 amide bonds. The van der Waals surface area contributed by atoms with Crippen LogP contribution >= 0.6 is 0 Å². The van der Waals surface area contributed by atoms with E-state index in [0.717, 1.165) is 26.3 Å². The van der Waals surface area contributed by atoms with E-state index in [-0.39, 0.29) is 13.2 Å². The van der Waals surface area contributed by atoms with Gasteiger partial charge >= 0.3 is 29.8 Å². The molecule has 1 aliphatic rings. The fourth-order valence-electron chi connectivity index (χ4n) is 3.47. The zero-order valence-electron chi connectivity index (χ0n) is 21.2. The summed E-state index contributed by atoms with van der Waals surface area (Å²) in [4.78, 5) is 57.8. The van der Waals surface area contributed by atoms with Crippen LogP contribution in [-0.4, -0.2) is 73.8 Å². The van der Waals surface area contributed by atoms with E-state index in [2.05, 4.69) is 0 Å². The molecule has 0 aromatic heterocycles. The summed E-state index contributed by atoms with van der Waals surface area (Å²) in [6.45, 7) is 5.54. The molecule has 1 heterocycles. The van der Waals surface area contributed by atoms with Gasteiger partial charge in [-0.15, -0.1) is 0 Å². The van der Waals surface area contributed by atoms with E-state index in [9.17, 15) is 24.0 Å². The monoisotopic (exact) mass is 522 g/mol. The Hall–Kier alpha value is -3.77. The van der Waals surface area contributed by atoms with Crippen LogP contribution in [0.5, 0.6) is 5.75 Å². The van der Waals surface area contributed by atoms with Crippen molar-refractivity contribution in [3.8, 4) is 5.75 Å². The molecule has 1 fully saturated rings. The van der Waals surface area contributed by atoms with Gasteiger partial charge in [0.25, 0.3) is 0 Å². The molecule has 0 bridgehead atoms. The molecule has 12 nitrogen and oxygen atoms in total. The first-order chi connectivity index (χ1) is 17.5. The fourth-order valence-corrected chi connectivity index (χ4v) is 3.47. The predicted molar refractivity (Wildman–Crippen MR) is 125 cm³/mol. The molecular weight excluding hydrogens is 492 g/mol. The van der Waals surface area contributed by atoms with Gasteiger partial charge in [-0.05, 0) is 17.7 Å². The summed E-state index contributed by atoms with van der Waals surface area (Å²) in [5.41, 5.74) is 0.779. The van der Waals surface area contributed by atoms with Gasteiger partial charge in [-0.3, -0.25) is 24.0 Å². The van der Waals surface area contributed by atoms with Gasteiger partial charge < -0.3 is 33.2 Å². The van der Waals surface area contributed by atoms with E-state index in [1.807, 2.05) is 0 Å². The summed E-state index contributed by atoms with van der Waals surface area (Å²) >= 11 is 0. The highest BCUT2D eigenvalue weighted by atomic mass is 16.7. The highest BCUT2D eigenvalue weighted by molar-refractivity contribution is 5.70. The molecule has 1 aromatic rings. The van der Waals surface area contributed by atoms with Gasteiger partial charge in [-0.2, -0.15) is 0 Å². The van der Waals surface area contributed by atoms with Crippen LogP contribution in [0.2, 0.25) is 0 Å². The molecule has 0 saturated carbocycles. The minimum Gasteiger partial charge on any atom is -0.463 e. The molecule has 37 heavy (non-hydrogen) atoms. The molecule has 1 saturated heterocycles. The van der Waals surface area contributed by atoms with E-state index < -0.39 is 60.6 Å². The van der Waals surface area contributed by atoms with Crippen molar-refractivity contribution in [2.45, 2.75) is 65.3 Å². The lowest BCUT2D eigenvalue weighted by Gasteiger charge is -2.43. The van der Waals surface area contributed by atoms with Gasteiger partial charge in [0.15, 0.2) is 24.6 Å². The minimum atomic E-state index is -1.30. The molecule has 1 aromatic carbocycles. The molecule has 202 valence electrons. The van der Waals surface area contributed by atoms with E-state index in [4.69, 9.17) is 33.2 Å². The number of carbonyl (C=O) groups is 5. The molecule has 0 radical (unpaired) electrons. The maximum atomic E-state index is 11.8. The third kappa shape index (κ3) is 10.0. The summed E-state index contributed by atoms with van der Waals surface area (Å²) in [6.07, 6.45) is -2.84. The van der Waals surface area contributed by atoms with Crippen LogP contribution in [0.15, 0.2) is 30.3 Å². The molecule has 12 heteroatoms. The predicted octanol–water partition coefficient (Wildman–Crippen LogP) is 1.72. The molecule has 5 atom stereocenters. The van der Waals surface area contributed by atoms with Crippen LogP contribution in [-0.2, 0) is 52.4 Å². The van der Waals surface area contributed by atoms with E-state index >= 15 is 0 Å². The summed E-state index contributed by atoms with van der Waals surface area (Å²) in [5, 5.41) is 0. The Balaban J connectivity index is 2.22. The zero-order chi connectivity index (χ0) is 27.5. The van der Waals surface area contributed by atoms with E-state index in [1.165, 1.54) is 13.8 Å². The van der Waals surface area contributed by atoms with E-state index in [0.29, 0.717) is 5.75 Å². The molecule has 0 unspecified atom stereocenters. The second kappa shape index (κ2) is 14.1. The van der Waals surface area contributed by atoms with Gasteiger partial charge in [0.2, 0.25) is 0 Å². The van der Waals surface area contributed by atoms with Crippen molar-refractivity contribution in [2.75, 3.05) is 13.2 Å². The second-order valence-corrected chi connectivity index (χ2v) is 7.97. The number of ether oxygens (including phenoxy) is 7. The second-order valence-electron chi connectivity index (χ2n) is 7.97. The quantitative estimate of drug-likeness (QED) is 0.250. The third-order valence-electron chi connectivity index (χ3n) is 4.76. The highest BCUT2D eigenvalue weighted by Gasteiger charge is 2.52. The van der Waals surface area contributed by atoms with Crippen LogP contribution in [0.1, 0.15) is 40.2 Å².